The summed E-state index contributed by atoms with van der Waals surface area (Å²) in [5.41, 5.74) is 3.96. The number of rotatable bonds is 4. The number of hydrogen-bond donors (Lipinski definition) is 2. The maximum Gasteiger partial charge on any atom is 0.163 e. The van der Waals surface area contributed by atoms with Crippen LogP contribution in [0.15, 0.2) is 60.7 Å². The van der Waals surface area contributed by atoms with Gasteiger partial charge in [0.25, 0.3) is 0 Å². The van der Waals surface area contributed by atoms with Gasteiger partial charge in [-0.2, -0.15) is 0 Å². The molecule has 0 aliphatic rings. The van der Waals surface area contributed by atoms with Crippen molar-refractivity contribution in [2.75, 3.05) is 5.32 Å². The zero-order valence-electron chi connectivity index (χ0n) is 13.8. The van der Waals surface area contributed by atoms with E-state index in [0.29, 0.717) is 17.4 Å². The van der Waals surface area contributed by atoms with Crippen molar-refractivity contribution in [3.8, 4) is 11.4 Å². The smallest absolute Gasteiger partial charge is 0.163 e. The molecule has 0 fully saturated rings. The summed E-state index contributed by atoms with van der Waals surface area (Å²) in [6.45, 7) is 2.72. The number of fused-ring (bicyclic) bond motifs is 1. The Hall–Kier alpha value is -2.85. The van der Waals surface area contributed by atoms with Gasteiger partial charge in [0.2, 0.25) is 0 Å². The summed E-state index contributed by atoms with van der Waals surface area (Å²) in [5, 5.41) is 5.09. The van der Waals surface area contributed by atoms with E-state index < -0.39 is 0 Å². The number of hydrogen-bond acceptors (Lipinski definition) is 3. The van der Waals surface area contributed by atoms with Gasteiger partial charge in [-0.15, -0.1) is 0 Å². The second-order valence-corrected chi connectivity index (χ2v) is 6.40. The predicted octanol–water partition coefficient (Wildman–Crippen LogP) is 5.20. The molecule has 2 aromatic carbocycles. The van der Waals surface area contributed by atoms with Gasteiger partial charge in [0.1, 0.15) is 11.5 Å². The van der Waals surface area contributed by atoms with E-state index in [4.69, 9.17) is 16.6 Å². The first-order chi connectivity index (χ1) is 12.2. The Kier molecular flexibility index (Phi) is 4.12. The normalized spacial score (nSPS) is 11.0. The van der Waals surface area contributed by atoms with E-state index >= 15 is 0 Å². The number of nitrogens with one attached hydrogen (secondary N) is 2. The Morgan fingerprint density at radius 2 is 1.84 bits per heavy atom. The molecular weight excluding hydrogens is 332 g/mol. The van der Waals surface area contributed by atoms with E-state index in [9.17, 15) is 0 Å². The van der Waals surface area contributed by atoms with Crippen LogP contribution in [-0.4, -0.2) is 15.0 Å². The van der Waals surface area contributed by atoms with Crippen LogP contribution >= 0.6 is 11.6 Å². The molecule has 2 N–H and O–H groups in total. The van der Waals surface area contributed by atoms with Crippen LogP contribution in [-0.2, 0) is 6.54 Å². The second kappa shape index (κ2) is 6.57. The van der Waals surface area contributed by atoms with Crippen molar-refractivity contribution in [1.82, 2.24) is 15.0 Å². The minimum Gasteiger partial charge on any atom is -0.365 e. The molecule has 2 heterocycles. The van der Waals surface area contributed by atoms with Crippen molar-refractivity contribution in [3.05, 3.63) is 76.9 Å². The number of aromatic amines is 1. The van der Waals surface area contributed by atoms with E-state index in [-0.39, 0.29) is 0 Å². The van der Waals surface area contributed by atoms with Gasteiger partial charge in [-0.05, 0) is 30.7 Å². The minimum atomic E-state index is 0.646. The fourth-order valence-electron chi connectivity index (χ4n) is 2.81. The van der Waals surface area contributed by atoms with E-state index in [1.807, 2.05) is 49.4 Å². The summed E-state index contributed by atoms with van der Waals surface area (Å²) >= 11 is 6.12. The first-order valence-electron chi connectivity index (χ1n) is 8.10. The van der Waals surface area contributed by atoms with Crippen molar-refractivity contribution in [3.63, 3.8) is 0 Å². The van der Waals surface area contributed by atoms with Gasteiger partial charge in [-0.3, -0.25) is 0 Å². The highest BCUT2D eigenvalue weighted by molar-refractivity contribution is 6.30. The lowest BCUT2D eigenvalue weighted by Crippen LogP contribution is -2.03. The van der Waals surface area contributed by atoms with E-state index in [0.717, 1.165) is 28.1 Å². The largest absolute Gasteiger partial charge is 0.365 e. The average molecular weight is 349 g/mol. The number of halogens is 1. The fraction of sp³-hybridized carbons (Fsp3) is 0.100. The van der Waals surface area contributed by atoms with Gasteiger partial charge in [0.15, 0.2) is 5.82 Å². The van der Waals surface area contributed by atoms with Crippen LogP contribution in [0.1, 0.15) is 11.3 Å². The molecular formula is C20H17ClN4. The molecule has 0 amide bonds. The van der Waals surface area contributed by atoms with Crippen LogP contribution < -0.4 is 5.32 Å². The molecule has 4 rings (SSSR count). The third-order valence-corrected chi connectivity index (χ3v) is 4.24. The Labute approximate surface area is 150 Å². The summed E-state index contributed by atoms with van der Waals surface area (Å²) in [7, 11) is 0. The van der Waals surface area contributed by atoms with Crippen LogP contribution in [0.2, 0.25) is 5.02 Å². The van der Waals surface area contributed by atoms with Crippen LogP contribution in [0.4, 0.5) is 5.82 Å². The molecule has 5 heteroatoms. The molecule has 4 nitrogen and oxygen atoms in total. The highest BCUT2D eigenvalue weighted by atomic mass is 35.5. The maximum atomic E-state index is 6.12. The van der Waals surface area contributed by atoms with Gasteiger partial charge < -0.3 is 10.3 Å². The summed E-state index contributed by atoms with van der Waals surface area (Å²) < 4.78 is 0. The first kappa shape index (κ1) is 15.7. The van der Waals surface area contributed by atoms with Crippen molar-refractivity contribution in [1.29, 1.82) is 0 Å². The lowest BCUT2D eigenvalue weighted by Gasteiger charge is -2.09. The van der Waals surface area contributed by atoms with Crippen LogP contribution in [0.5, 0.6) is 0 Å². The molecule has 0 aliphatic heterocycles. The SMILES string of the molecule is Cc1cc2c(NCc3ccccc3)nc(-c3cccc(Cl)c3)nc2[nH]1. The van der Waals surface area contributed by atoms with Crippen molar-refractivity contribution in [2.45, 2.75) is 13.5 Å². The zero-order valence-corrected chi connectivity index (χ0v) is 14.5. The van der Waals surface area contributed by atoms with Gasteiger partial charge in [-0.25, -0.2) is 9.97 Å². The Morgan fingerprint density at radius 3 is 2.64 bits per heavy atom. The molecule has 0 saturated carbocycles. The second-order valence-electron chi connectivity index (χ2n) is 5.96. The van der Waals surface area contributed by atoms with Crippen LogP contribution in [0.3, 0.4) is 0 Å². The molecule has 4 aromatic rings. The molecule has 0 saturated heterocycles. The number of nitrogens with zero attached hydrogens (tertiary/aromatic N) is 2. The van der Waals surface area contributed by atoms with Gasteiger partial charge in [0, 0.05) is 22.8 Å². The Morgan fingerprint density at radius 1 is 1.00 bits per heavy atom. The third kappa shape index (κ3) is 3.35. The molecule has 0 atom stereocenters. The van der Waals surface area contributed by atoms with Gasteiger partial charge in [-0.1, -0.05) is 54.1 Å². The molecule has 0 bridgehead atoms. The van der Waals surface area contributed by atoms with E-state index in [1.54, 1.807) is 0 Å². The number of benzene rings is 2. The average Bonchev–Trinajstić information content (AvgIpc) is 3.01. The number of aryl methyl sites for hydroxylation is 1. The zero-order chi connectivity index (χ0) is 17.2. The lowest BCUT2D eigenvalue weighted by atomic mass is 10.2. The summed E-state index contributed by atoms with van der Waals surface area (Å²) in [4.78, 5) is 12.7. The summed E-state index contributed by atoms with van der Waals surface area (Å²) in [5.74, 6) is 1.46. The van der Waals surface area contributed by atoms with Crippen molar-refractivity contribution < 1.29 is 0 Å². The topological polar surface area (TPSA) is 53.6 Å². The first-order valence-corrected chi connectivity index (χ1v) is 8.48. The van der Waals surface area contributed by atoms with Gasteiger partial charge >= 0.3 is 0 Å². The summed E-state index contributed by atoms with van der Waals surface area (Å²) in [6, 6.07) is 19.9. The molecule has 0 aliphatic carbocycles. The molecule has 2 aromatic heterocycles. The predicted molar refractivity (Wildman–Crippen MR) is 103 cm³/mol. The molecule has 0 radical (unpaired) electrons. The monoisotopic (exact) mass is 348 g/mol. The Balaban J connectivity index is 1.76. The standard InChI is InChI=1S/C20H17ClN4/c1-13-10-17-19(22-12-14-6-3-2-4-7-14)24-18(25-20(17)23-13)15-8-5-9-16(21)11-15/h2-11H,12H2,1H3,(H2,22,23,24,25). The van der Waals surface area contributed by atoms with Gasteiger partial charge in [0.05, 0.1) is 5.39 Å². The van der Waals surface area contributed by atoms with Crippen LogP contribution in [0, 0.1) is 6.92 Å². The summed E-state index contributed by atoms with van der Waals surface area (Å²) in [6.07, 6.45) is 0. The van der Waals surface area contributed by atoms with Crippen LogP contribution in [0.25, 0.3) is 22.4 Å². The highest BCUT2D eigenvalue weighted by Gasteiger charge is 2.12. The third-order valence-electron chi connectivity index (χ3n) is 4.01. The lowest BCUT2D eigenvalue weighted by molar-refractivity contribution is 1.10. The quantitative estimate of drug-likeness (QED) is 0.533. The molecule has 0 spiro atoms. The van der Waals surface area contributed by atoms with E-state index in [1.165, 1.54) is 5.56 Å². The van der Waals surface area contributed by atoms with Crippen molar-refractivity contribution in [2.24, 2.45) is 0 Å². The maximum absolute atomic E-state index is 6.12. The number of anilines is 1. The Bertz CT molecular complexity index is 1020. The molecule has 124 valence electrons. The highest BCUT2D eigenvalue weighted by Crippen LogP contribution is 2.27. The van der Waals surface area contributed by atoms with E-state index in [2.05, 4.69) is 33.5 Å². The molecule has 25 heavy (non-hydrogen) atoms. The number of aromatic nitrogens is 3. The van der Waals surface area contributed by atoms with Crippen molar-refractivity contribution >= 4 is 28.5 Å². The molecule has 0 unspecified atom stereocenters. The fourth-order valence-corrected chi connectivity index (χ4v) is 3.00. The number of H-pyrrole nitrogens is 1. The minimum absolute atomic E-state index is 0.646.